The lowest BCUT2D eigenvalue weighted by Gasteiger charge is -2.43. The monoisotopic (exact) mass is 271 g/mol. The molecule has 2 aliphatic rings. The van der Waals surface area contributed by atoms with Gasteiger partial charge in [-0.05, 0) is 32.2 Å². The van der Waals surface area contributed by atoms with E-state index in [9.17, 15) is 5.11 Å². The van der Waals surface area contributed by atoms with E-state index < -0.39 is 0 Å². The number of piperidine rings is 1. The van der Waals surface area contributed by atoms with Gasteiger partial charge in [-0.25, -0.2) is 0 Å². The molecule has 0 radical (unpaired) electrons. The summed E-state index contributed by atoms with van der Waals surface area (Å²) in [6.45, 7) is 3.31. The van der Waals surface area contributed by atoms with E-state index >= 15 is 0 Å². The zero-order valence-electron chi connectivity index (χ0n) is 12.0. The van der Waals surface area contributed by atoms with E-state index in [0.717, 1.165) is 19.5 Å². The van der Waals surface area contributed by atoms with Gasteiger partial charge in [-0.3, -0.25) is 4.90 Å². The summed E-state index contributed by atoms with van der Waals surface area (Å²) in [7, 11) is 0. The molecule has 3 unspecified atom stereocenters. The summed E-state index contributed by atoms with van der Waals surface area (Å²) in [6.07, 6.45) is 8.30. The molecule has 0 amide bonds. The fraction of sp³-hybridized carbons (Fsp3) is 1.00. The molecule has 2 fully saturated rings. The van der Waals surface area contributed by atoms with Crippen LogP contribution in [0.25, 0.3) is 0 Å². The second kappa shape index (κ2) is 8.20. The van der Waals surface area contributed by atoms with Crippen LogP contribution in [0, 0.1) is 5.92 Å². The van der Waals surface area contributed by atoms with Crippen LogP contribution in [0.3, 0.4) is 0 Å². The third-order valence-corrected chi connectivity index (χ3v) is 4.70. The van der Waals surface area contributed by atoms with Gasteiger partial charge >= 0.3 is 0 Å². The smallest absolute Gasteiger partial charge is 0.0698 e. The number of rotatable bonds is 6. The average Bonchev–Trinajstić information content (AvgIpc) is 2.45. The molecule has 1 heterocycles. The van der Waals surface area contributed by atoms with Crippen molar-refractivity contribution in [1.29, 1.82) is 0 Å². The van der Waals surface area contributed by atoms with Gasteiger partial charge in [-0.1, -0.05) is 19.3 Å². The Kier molecular flexibility index (Phi) is 6.57. The fourth-order valence-electron chi connectivity index (χ4n) is 3.72. The second-order valence-corrected chi connectivity index (χ2v) is 5.95. The molecule has 0 spiro atoms. The maximum atomic E-state index is 10.3. The molecule has 19 heavy (non-hydrogen) atoms. The summed E-state index contributed by atoms with van der Waals surface area (Å²) in [6, 6.07) is 0.543. The van der Waals surface area contributed by atoms with E-state index in [-0.39, 0.29) is 12.7 Å². The van der Waals surface area contributed by atoms with Crippen LogP contribution in [0.2, 0.25) is 0 Å². The van der Waals surface area contributed by atoms with Gasteiger partial charge in [0.1, 0.15) is 0 Å². The maximum absolute atomic E-state index is 10.3. The van der Waals surface area contributed by atoms with E-state index in [1.54, 1.807) is 0 Å². The highest BCUT2D eigenvalue weighted by Crippen LogP contribution is 2.33. The number of ether oxygens (including phenoxy) is 1. The average molecular weight is 271 g/mol. The summed E-state index contributed by atoms with van der Waals surface area (Å²) in [4.78, 5) is 2.51. The minimum absolute atomic E-state index is 0.0993. The molecule has 1 aliphatic carbocycles. The molecule has 1 saturated heterocycles. The van der Waals surface area contributed by atoms with Crippen molar-refractivity contribution in [3.05, 3.63) is 0 Å². The first-order valence-electron chi connectivity index (χ1n) is 7.93. The largest absolute Gasteiger partial charge is 0.394 e. The van der Waals surface area contributed by atoms with Gasteiger partial charge in [0.25, 0.3) is 0 Å². The third kappa shape index (κ3) is 4.42. The highest BCUT2D eigenvalue weighted by Gasteiger charge is 2.35. The van der Waals surface area contributed by atoms with Crippen LogP contribution in [0.5, 0.6) is 0 Å². The second-order valence-electron chi connectivity index (χ2n) is 5.95. The van der Waals surface area contributed by atoms with E-state index in [2.05, 4.69) is 4.90 Å². The highest BCUT2D eigenvalue weighted by atomic mass is 16.5. The van der Waals surface area contributed by atoms with Crippen molar-refractivity contribution in [2.24, 2.45) is 5.92 Å². The molecular formula is C15H29NO3. The number of hydrogen-bond acceptors (Lipinski definition) is 4. The van der Waals surface area contributed by atoms with Crippen molar-refractivity contribution in [3.63, 3.8) is 0 Å². The number of likely N-dealkylation sites (tertiary alicyclic amines) is 1. The molecule has 112 valence electrons. The van der Waals surface area contributed by atoms with Crippen LogP contribution < -0.4 is 0 Å². The van der Waals surface area contributed by atoms with E-state index in [0.29, 0.717) is 25.2 Å². The van der Waals surface area contributed by atoms with Crippen molar-refractivity contribution in [3.8, 4) is 0 Å². The first-order valence-corrected chi connectivity index (χ1v) is 7.93. The van der Waals surface area contributed by atoms with Crippen LogP contribution in [0.4, 0.5) is 0 Å². The fourth-order valence-corrected chi connectivity index (χ4v) is 3.72. The van der Waals surface area contributed by atoms with Crippen molar-refractivity contribution in [2.45, 2.75) is 57.1 Å². The SMILES string of the molecule is OCCOCCN1CCCCC1C1CCCCC1O. The number of nitrogens with zero attached hydrogens (tertiary/aromatic N) is 1. The molecule has 3 atom stereocenters. The van der Waals surface area contributed by atoms with E-state index in [4.69, 9.17) is 9.84 Å². The van der Waals surface area contributed by atoms with E-state index in [1.165, 1.54) is 38.5 Å². The molecule has 1 saturated carbocycles. The third-order valence-electron chi connectivity index (χ3n) is 4.70. The zero-order valence-corrected chi connectivity index (χ0v) is 12.0. The Balaban J connectivity index is 1.84. The Morgan fingerprint density at radius 2 is 1.79 bits per heavy atom. The van der Waals surface area contributed by atoms with Crippen molar-refractivity contribution in [2.75, 3.05) is 32.9 Å². The van der Waals surface area contributed by atoms with Crippen molar-refractivity contribution in [1.82, 2.24) is 4.90 Å². The predicted octanol–water partition coefficient (Wildman–Crippen LogP) is 1.40. The van der Waals surface area contributed by atoms with Gasteiger partial charge in [-0.2, -0.15) is 0 Å². The van der Waals surface area contributed by atoms with Crippen LogP contribution >= 0.6 is 0 Å². The maximum Gasteiger partial charge on any atom is 0.0698 e. The molecule has 0 aromatic heterocycles. The Morgan fingerprint density at radius 1 is 1.00 bits per heavy atom. The molecule has 4 nitrogen and oxygen atoms in total. The van der Waals surface area contributed by atoms with Crippen molar-refractivity contribution >= 4 is 0 Å². The minimum atomic E-state index is -0.0993. The Hall–Kier alpha value is -0.160. The molecule has 0 aromatic carbocycles. The standard InChI is InChI=1S/C15H29NO3/c17-10-12-19-11-9-16-8-4-3-6-14(16)13-5-1-2-7-15(13)18/h13-15,17-18H,1-12H2. The minimum Gasteiger partial charge on any atom is -0.394 e. The molecule has 0 bridgehead atoms. The molecule has 2 rings (SSSR count). The van der Waals surface area contributed by atoms with Crippen LogP contribution in [0.15, 0.2) is 0 Å². The zero-order chi connectivity index (χ0) is 13.5. The molecule has 4 heteroatoms. The lowest BCUT2D eigenvalue weighted by atomic mass is 9.78. The molecule has 0 aromatic rings. The van der Waals surface area contributed by atoms with Gasteiger partial charge in [0.15, 0.2) is 0 Å². The molecule has 1 aliphatic heterocycles. The summed E-state index contributed by atoms with van der Waals surface area (Å²) in [5.74, 6) is 0.465. The quantitative estimate of drug-likeness (QED) is 0.717. The van der Waals surface area contributed by atoms with E-state index in [1.807, 2.05) is 0 Å². The summed E-state index contributed by atoms with van der Waals surface area (Å²) < 4.78 is 5.39. The first kappa shape index (κ1) is 15.2. The Bertz CT molecular complexity index is 250. The van der Waals surface area contributed by atoms with Crippen LogP contribution in [0.1, 0.15) is 44.9 Å². The lowest BCUT2D eigenvalue weighted by Crippen LogP contribution is -2.49. The number of aliphatic hydroxyl groups is 2. The van der Waals surface area contributed by atoms with Crippen LogP contribution in [-0.2, 0) is 4.74 Å². The Labute approximate surface area is 116 Å². The van der Waals surface area contributed by atoms with Gasteiger partial charge in [0.2, 0.25) is 0 Å². The highest BCUT2D eigenvalue weighted by molar-refractivity contribution is 4.88. The summed E-state index contributed by atoms with van der Waals surface area (Å²) in [5.41, 5.74) is 0. The van der Waals surface area contributed by atoms with Crippen LogP contribution in [-0.4, -0.2) is 60.2 Å². The first-order chi connectivity index (χ1) is 9.33. The molecule has 2 N–H and O–H groups in total. The number of aliphatic hydroxyl groups excluding tert-OH is 2. The number of hydrogen-bond donors (Lipinski definition) is 2. The summed E-state index contributed by atoms with van der Waals surface area (Å²) >= 11 is 0. The Morgan fingerprint density at radius 3 is 2.58 bits per heavy atom. The molecular weight excluding hydrogens is 242 g/mol. The topological polar surface area (TPSA) is 52.9 Å². The van der Waals surface area contributed by atoms with Gasteiger partial charge < -0.3 is 14.9 Å². The predicted molar refractivity (Wildman–Crippen MR) is 75.1 cm³/mol. The van der Waals surface area contributed by atoms with Gasteiger partial charge in [0.05, 0.1) is 25.9 Å². The summed E-state index contributed by atoms with van der Waals surface area (Å²) in [5, 5.41) is 19.0. The van der Waals surface area contributed by atoms with Gasteiger partial charge in [0, 0.05) is 18.5 Å². The normalized spacial score (nSPS) is 33.5. The van der Waals surface area contributed by atoms with Crippen molar-refractivity contribution < 1.29 is 14.9 Å². The lowest BCUT2D eigenvalue weighted by molar-refractivity contribution is -0.0175. The van der Waals surface area contributed by atoms with Gasteiger partial charge in [-0.15, -0.1) is 0 Å².